The second kappa shape index (κ2) is 7.54. The van der Waals surface area contributed by atoms with Gasteiger partial charge in [-0.2, -0.15) is 0 Å². The number of rotatable bonds is 5. The molecule has 2 heterocycles. The van der Waals surface area contributed by atoms with E-state index < -0.39 is 0 Å². The molecule has 0 fully saturated rings. The molecule has 1 amide bonds. The number of benzene rings is 2. The molecule has 4 aromatic rings. The predicted molar refractivity (Wildman–Crippen MR) is 107 cm³/mol. The van der Waals surface area contributed by atoms with Crippen LogP contribution in [0.2, 0.25) is 0 Å². The maximum absolute atomic E-state index is 13.5. The number of furan rings is 1. The Morgan fingerprint density at radius 3 is 2.89 bits per heavy atom. The van der Waals surface area contributed by atoms with Crippen LogP contribution in [0.4, 0.5) is 9.52 Å². The van der Waals surface area contributed by atoms with Gasteiger partial charge < -0.3 is 4.42 Å². The van der Waals surface area contributed by atoms with E-state index in [-0.39, 0.29) is 18.3 Å². The van der Waals surface area contributed by atoms with Crippen molar-refractivity contribution in [2.24, 2.45) is 0 Å². The quantitative estimate of drug-likeness (QED) is 0.411. The topological polar surface area (TPSA) is 46.3 Å². The number of aromatic nitrogens is 1. The number of thiazole rings is 1. The van der Waals surface area contributed by atoms with Crippen LogP contribution in [-0.2, 0) is 6.54 Å². The summed E-state index contributed by atoms with van der Waals surface area (Å²) in [5, 5.41) is 0.506. The van der Waals surface area contributed by atoms with Crippen molar-refractivity contribution in [3.05, 3.63) is 78.0 Å². The number of halogens is 1. The van der Waals surface area contributed by atoms with Gasteiger partial charge in [0.2, 0.25) is 0 Å². The number of hydrogen-bond acceptors (Lipinski definition) is 5. The molecule has 0 bridgehead atoms. The summed E-state index contributed by atoms with van der Waals surface area (Å²) in [4.78, 5) is 20.4. The summed E-state index contributed by atoms with van der Waals surface area (Å²) in [5.41, 5.74) is 1.23. The largest absolute Gasteiger partial charge is 0.467 e. The highest BCUT2D eigenvalue weighted by molar-refractivity contribution is 7.98. The Hall–Kier alpha value is -2.64. The summed E-state index contributed by atoms with van der Waals surface area (Å²) in [7, 11) is 0. The van der Waals surface area contributed by atoms with Crippen LogP contribution in [-0.4, -0.2) is 17.1 Å². The van der Waals surface area contributed by atoms with Crippen LogP contribution in [0.25, 0.3) is 10.2 Å². The molecule has 0 aliphatic rings. The number of carbonyl (C=O) groups is 1. The van der Waals surface area contributed by atoms with Crippen LogP contribution < -0.4 is 4.90 Å². The van der Waals surface area contributed by atoms with E-state index in [2.05, 4.69) is 4.98 Å². The zero-order chi connectivity index (χ0) is 18.8. The van der Waals surface area contributed by atoms with Crippen molar-refractivity contribution >= 4 is 44.4 Å². The van der Waals surface area contributed by atoms with Crippen molar-refractivity contribution in [3.8, 4) is 0 Å². The van der Waals surface area contributed by atoms with Gasteiger partial charge in [-0.3, -0.25) is 9.69 Å². The number of thioether (sulfide) groups is 1. The van der Waals surface area contributed by atoms with Crippen molar-refractivity contribution < 1.29 is 13.6 Å². The number of hydrogen-bond donors (Lipinski definition) is 0. The molecule has 2 aromatic carbocycles. The zero-order valence-electron chi connectivity index (χ0n) is 14.4. The molecule has 4 nitrogen and oxygen atoms in total. The third-order valence-corrected chi connectivity index (χ3v) is 5.79. The maximum atomic E-state index is 13.5. The molecule has 0 saturated carbocycles. The molecule has 2 aromatic heterocycles. The van der Waals surface area contributed by atoms with Crippen LogP contribution in [0.1, 0.15) is 16.1 Å². The van der Waals surface area contributed by atoms with E-state index in [4.69, 9.17) is 4.42 Å². The Morgan fingerprint density at radius 1 is 1.22 bits per heavy atom. The standard InChI is InChI=1S/C20H15FN2O2S2/c1-26-16-6-2-4-13(10-16)19(24)23(12-15-5-3-9-25-15)20-22-17-8-7-14(21)11-18(17)27-20/h2-11H,12H2,1H3. The van der Waals surface area contributed by atoms with E-state index in [1.54, 1.807) is 41.1 Å². The van der Waals surface area contributed by atoms with E-state index in [9.17, 15) is 9.18 Å². The average Bonchev–Trinajstić information content (AvgIpc) is 3.34. The second-order valence-corrected chi connectivity index (χ2v) is 7.70. The molecule has 0 aliphatic heterocycles. The van der Waals surface area contributed by atoms with E-state index in [0.717, 1.165) is 4.90 Å². The molecule has 0 saturated heterocycles. The van der Waals surface area contributed by atoms with E-state index >= 15 is 0 Å². The molecule has 27 heavy (non-hydrogen) atoms. The van der Waals surface area contributed by atoms with E-state index in [1.165, 1.54) is 23.5 Å². The summed E-state index contributed by atoms with van der Waals surface area (Å²) in [6.45, 7) is 0.248. The van der Waals surface area contributed by atoms with Crippen molar-refractivity contribution in [2.75, 3.05) is 11.2 Å². The summed E-state index contributed by atoms with van der Waals surface area (Å²) >= 11 is 2.86. The Labute approximate surface area is 163 Å². The molecule has 0 radical (unpaired) electrons. The molecule has 7 heteroatoms. The van der Waals surface area contributed by atoms with Gasteiger partial charge >= 0.3 is 0 Å². The molecular weight excluding hydrogens is 383 g/mol. The van der Waals surface area contributed by atoms with Crippen LogP contribution in [0, 0.1) is 5.82 Å². The van der Waals surface area contributed by atoms with Gasteiger partial charge in [-0.05, 0) is 54.8 Å². The SMILES string of the molecule is CSc1cccc(C(=O)N(Cc2ccco2)c2nc3ccc(F)cc3s2)c1. The van der Waals surface area contributed by atoms with Crippen LogP contribution >= 0.6 is 23.1 Å². The van der Waals surface area contributed by atoms with Gasteiger partial charge in [0.1, 0.15) is 11.6 Å². The van der Waals surface area contributed by atoms with Crippen LogP contribution in [0.3, 0.4) is 0 Å². The highest BCUT2D eigenvalue weighted by atomic mass is 32.2. The smallest absolute Gasteiger partial charge is 0.260 e. The minimum Gasteiger partial charge on any atom is -0.467 e. The minimum absolute atomic E-state index is 0.179. The summed E-state index contributed by atoms with van der Waals surface area (Å²) < 4.78 is 19.7. The van der Waals surface area contributed by atoms with Gasteiger partial charge in [0, 0.05) is 10.5 Å². The fourth-order valence-electron chi connectivity index (χ4n) is 2.70. The Kier molecular flexibility index (Phi) is 4.96. The number of anilines is 1. The number of fused-ring (bicyclic) bond motifs is 1. The molecule has 4 rings (SSSR count). The third-order valence-electron chi connectivity index (χ3n) is 4.03. The molecule has 0 unspecified atom stereocenters. The monoisotopic (exact) mass is 398 g/mol. The molecule has 0 aliphatic carbocycles. The third kappa shape index (κ3) is 3.74. The average molecular weight is 398 g/mol. The van der Waals surface area contributed by atoms with Gasteiger partial charge in [-0.25, -0.2) is 9.37 Å². The highest BCUT2D eigenvalue weighted by Crippen LogP contribution is 2.31. The normalized spacial score (nSPS) is 11.0. The first-order valence-corrected chi connectivity index (χ1v) is 10.2. The predicted octanol–water partition coefficient (Wildman–Crippen LogP) is 5.60. The van der Waals surface area contributed by atoms with Crippen molar-refractivity contribution in [3.63, 3.8) is 0 Å². The van der Waals surface area contributed by atoms with E-state index in [0.29, 0.717) is 26.7 Å². The fourth-order valence-corrected chi connectivity index (χ4v) is 4.15. The zero-order valence-corrected chi connectivity index (χ0v) is 16.0. The molecule has 0 spiro atoms. The Bertz CT molecular complexity index is 1090. The van der Waals surface area contributed by atoms with Gasteiger partial charge in [0.05, 0.1) is 23.0 Å². The fraction of sp³-hybridized carbons (Fsp3) is 0.100. The van der Waals surface area contributed by atoms with Crippen LogP contribution in [0.5, 0.6) is 0 Å². The lowest BCUT2D eigenvalue weighted by Crippen LogP contribution is -2.30. The van der Waals surface area contributed by atoms with Crippen LogP contribution in [0.15, 0.2) is 70.2 Å². The highest BCUT2D eigenvalue weighted by Gasteiger charge is 2.23. The maximum Gasteiger partial charge on any atom is 0.260 e. The number of nitrogens with zero attached hydrogens (tertiary/aromatic N) is 2. The lowest BCUT2D eigenvalue weighted by atomic mass is 10.2. The minimum atomic E-state index is -0.325. The van der Waals surface area contributed by atoms with Crippen molar-refractivity contribution in [1.29, 1.82) is 0 Å². The van der Waals surface area contributed by atoms with Gasteiger partial charge in [0.15, 0.2) is 5.13 Å². The van der Waals surface area contributed by atoms with Gasteiger partial charge in [-0.1, -0.05) is 17.4 Å². The van der Waals surface area contributed by atoms with Crippen molar-refractivity contribution in [1.82, 2.24) is 4.98 Å². The summed E-state index contributed by atoms with van der Waals surface area (Å²) in [5.74, 6) is 0.144. The molecule has 136 valence electrons. The first-order chi connectivity index (χ1) is 13.1. The van der Waals surface area contributed by atoms with Crippen molar-refractivity contribution in [2.45, 2.75) is 11.4 Å². The number of carbonyl (C=O) groups excluding carboxylic acids is 1. The number of amides is 1. The Balaban J connectivity index is 1.76. The summed E-state index contributed by atoms with van der Waals surface area (Å²) in [6, 6.07) is 15.5. The van der Waals surface area contributed by atoms with E-state index in [1.807, 2.05) is 30.5 Å². The first kappa shape index (κ1) is 17.8. The summed E-state index contributed by atoms with van der Waals surface area (Å²) in [6.07, 6.45) is 3.53. The Morgan fingerprint density at radius 2 is 2.11 bits per heavy atom. The lowest BCUT2D eigenvalue weighted by molar-refractivity contribution is 0.0983. The molecular formula is C20H15FN2O2S2. The first-order valence-electron chi connectivity index (χ1n) is 8.18. The van der Waals surface area contributed by atoms with Gasteiger partial charge in [-0.15, -0.1) is 11.8 Å². The molecule has 0 atom stereocenters. The second-order valence-electron chi connectivity index (χ2n) is 5.81. The van der Waals surface area contributed by atoms with Gasteiger partial charge in [0.25, 0.3) is 5.91 Å². The molecule has 0 N–H and O–H groups in total. The lowest BCUT2D eigenvalue weighted by Gasteiger charge is -2.19.